The molecule has 9 heavy (non-hydrogen) atoms. The van der Waals surface area contributed by atoms with E-state index in [0.717, 1.165) is 0 Å². The number of nitrogens with zero attached hydrogens (tertiary/aromatic N) is 1. The van der Waals surface area contributed by atoms with Gasteiger partial charge >= 0.3 is 0 Å². The van der Waals surface area contributed by atoms with E-state index in [-0.39, 0.29) is 6.61 Å². The van der Waals surface area contributed by atoms with Gasteiger partial charge in [-0.2, -0.15) is 0 Å². The number of oxime groups is 1. The molecule has 3 nitrogen and oxygen atoms in total. The fraction of sp³-hybridized carbons (Fsp3) is 0.500. The first-order chi connectivity index (χ1) is 4.31. The van der Waals surface area contributed by atoms with Crippen molar-refractivity contribution in [1.29, 1.82) is 0 Å². The van der Waals surface area contributed by atoms with Crippen LogP contribution < -0.4 is 5.73 Å². The minimum Gasteiger partial charge on any atom is -0.384 e. The quantitative estimate of drug-likeness (QED) is 0.194. The summed E-state index contributed by atoms with van der Waals surface area (Å²) in [5.74, 6) is 2.73. The van der Waals surface area contributed by atoms with Crippen molar-refractivity contribution in [1.82, 2.24) is 0 Å². The summed E-state index contributed by atoms with van der Waals surface area (Å²) in [4.78, 5) is 4.56. The zero-order chi connectivity index (χ0) is 7.11. The highest BCUT2D eigenvalue weighted by Crippen LogP contribution is 1.78. The molecule has 0 aromatic rings. The van der Waals surface area contributed by atoms with Gasteiger partial charge < -0.3 is 10.6 Å². The number of terminal acetylenes is 1. The Morgan fingerprint density at radius 2 is 2.56 bits per heavy atom. The maximum absolute atomic E-state index is 5.27. The van der Waals surface area contributed by atoms with Gasteiger partial charge in [0.15, 0.2) is 6.61 Å². The first-order valence-electron chi connectivity index (χ1n) is 2.69. The number of hydrogen-bond donors (Lipinski definition) is 1. The first kappa shape index (κ1) is 7.83. The van der Waals surface area contributed by atoms with Crippen molar-refractivity contribution in [3.63, 3.8) is 0 Å². The van der Waals surface area contributed by atoms with Crippen molar-refractivity contribution in [3.8, 4) is 12.3 Å². The SMILES string of the molecule is C#CCO/N=C(\N)CC. The van der Waals surface area contributed by atoms with E-state index in [9.17, 15) is 0 Å². The van der Waals surface area contributed by atoms with Crippen LogP contribution in [0.3, 0.4) is 0 Å². The van der Waals surface area contributed by atoms with Crippen molar-refractivity contribution in [2.45, 2.75) is 13.3 Å². The molecule has 0 aliphatic carbocycles. The number of nitrogens with two attached hydrogens (primary N) is 1. The van der Waals surface area contributed by atoms with Gasteiger partial charge in [-0.3, -0.25) is 0 Å². The highest BCUT2D eigenvalue weighted by atomic mass is 16.6. The summed E-state index contributed by atoms with van der Waals surface area (Å²) in [6, 6.07) is 0. The van der Waals surface area contributed by atoms with Gasteiger partial charge in [-0.05, 0) is 0 Å². The van der Waals surface area contributed by atoms with E-state index in [0.29, 0.717) is 12.3 Å². The minimum atomic E-state index is 0.181. The van der Waals surface area contributed by atoms with Gasteiger partial charge in [-0.25, -0.2) is 0 Å². The van der Waals surface area contributed by atoms with Gasteiger partial charge in [0.1, 0.15) is 5.84 Å². The van der Waals surface area contributed by atoms with Gasteiger partial charge in [0, 0.05) is 6.42 Å². The second kappa shape index (κ2) is 4.98. The topological polar surface area (TPSA) is 47.6 Å². The van der Waals surface area contributed by atoms with Crippen LogP contribution in [0.5, 0.6) is 0 Å². The average molecular weight is 126 g/mol. The van der Waals surface area contributed by atoms with Gasteiger partial charge in [0.05, 0.1) is 0 Å². The van der Waals surface area contributed by atoms with Crippen molar-refractivity contribution in [3.05, 3.63) is 0 Å². The smallest absolute Gasteiger partial charge is 0.177 e. The third-order valence-electron chi connectivity index (χ3n) is 0.692. The monoisotopic (exact) mass is 126 g/mol. The summed E-state index contributed by atoms with van der Waals surface area (Å²) in [6.45, 7) is 2.07. The molecule has 0 spiro atoms. The van der Waals surface area contributed by atoms with E-state index >= 15 is 0 Å². The van der Waals surface area contributed by atoms with Crippen LogP contribution >= 0.6 is 0 Å². The standard InChI is InChI=1S/C6H10N2O/c1-3-5-9-8-6(7)4-2/h1H,4-5H2,2H3,(H2,7,8). The predicted molar refractivity (Wildman–Crippen MR) is 36.7 cm³/mol. The molecule has 0 fully saturated rings. The maximum Gasteiger partial charge on any atom is 0.177 e. The zero-order valence-corrected chi connectivity index (χ0v) is 5.42. The fourth-order valence-electron chi connectivity index (χ4n) is 0.217. The van der Waals surface area contributed by atoms with Crippen molar-refractivity contribution < 1.29 is 4.84 Å². The molecule has 0 saturated heterocycles. The number of amidine groups is 1. The van der Waals surface area contributed by atoms with Gasteiger partial charge in [0.2, 0.25) is 0 Å². The van der Waals surface area contributed by atoms with Crippen LogP contribution in [0.1, 0.15) is 13.3 Å². The molecule has 0 aliphatic rings. The normalized spacial score (nSPS) is 10.4. The summed E-state index contributed by atoms with van der Waals surface area (Å²) in [6.07, 6.45) is 5.56. The number of rotatable bonds is 3. The Kier molecular flexibility index (Phi) is 4.33. The molecule has 0 aromatic heterocycles. The molecule has 0 atom stereocenters. The minimum absolute atomic E-state index is 0.181. The Bertz CT molecular complexity index is 134. The number of hydrogen-bond acceptors (Lipinski definition) is 2. The Morgan fingerprint density at radius 3 is 3.00 bits per heavy atom. The summed E-state index contributed by atoms with van der Waals surface area (Å²) < 4.78 is 0. The lowest BCUT2D eigenvalue weighted by atomic mass is 10.5. The summed E-state index contributed by atoms with van der Waals surface area (Å²) in [5.41, 5.74) is 5.27. The van der Waals surface area contributed by atoms with Crippen molar-refractivity contribution in [2.24, 2.45) is 10.9 Å². The Hall–Kier alpha value is -1.17. The van der Waals surface area contributed by atoms with Crippen LogP contribution in [-0.4, -0.2) is 12.4 Å². The third-order valence-corrected chi connectivity index (χ3v) is 0.692. The van der Waals surface area contributed by atoms with E-state index < -0.39 is 0 Å². The lowest BCUT2D eigenvalue weighted by Gasteiger charge is -1.92. The van der Waals surface area contributed by atoms with E-state index in [1.807, 2.05) is 6.92 Å². The van der Waals surface area contributed by atoms with Gasteiger partial charge in [-0.15, -0.1) is 6.42 Å². The fourth-order valence-corrected chi connectivity index (χ4v) is 0.217. The highest BCUT2D eigenvalue weighted by molar-refractivity contribution is 5.79. The summed E-state index contributed by atoms with van der Waals surface area (Å²) in [7, 11) is 0. The largest absolute Gasteiger partial charge is 0.384 e. The van der Waals surface area contributed by atoms with Crippen molar-refractivity contribution >= 4 is 5.84 Å². The highest BCUT2D eigenvalue weighted by Gasteiger charge is 1.83. The lowest BCUT2D eigenvalue weighted by Crippen LogP contribution is -2.09. The summed E-state index contributed by atoms with van der Waals surface area (Å²) in [5, 5.41) is 3.48. The molecule has 0 bridgehead atoms. The molecule has 0 aliphatic heterocycles. The molecule has 0 rings (SSSR count). The van der Waals surface area contributed by atoms with Crippen LogP contribution in [0.25, 0.3) is 0 Å². The van der Waals surface area contributed by atoms with E-state index in [4.69, 9.17) is 12.2 Å². The van der Waals surface area contributed by atoms with Crippen LogP contribution in [0, 0.1) is 12.3 Å². The zero-order valence-electron chi connectivity index (χ0n) is 5.42. The molecule has 0 unspecified atom stereocenters. The summed E-state index contributed by atoms with van der Waals surface area (Å²) >= 11 is 0. The van der Waals surface area contributed by atoms with Gasteiger partial charge in [-0.1, -0.05) is 18.0 Å². The Balaban J connectivity index is 3.35. The van der Waals surface area contributed by atoms with Crippen LogP contribution in [-0.2, 0) is 4.84 Å². The average Bonchev–Trinajstić information content (AvgIpc) is 1.89. The molecule has 0 saturated carbocycles. The Morgan fingerprint density at radius 1 is 1.89 bits per heavy atom. The molecule has 50 valence electrons. The third kappa shape index (κ3) is 4.69. The second-order valence-corrected chi connectivity index (χ2v) is 1.41. The molecule has 0 heterocycles. The van der Waals surface area contributed by atoms with Crippen LogP contribution in [0.4, 0.5) is 0 Å². The molecule has 0 aromatic carbocycles. The van der Waals surface area contributed by atoms with Crippen LogP contribution in [0.15, 0.2) is 5.16 Å². The molecular weight excluding hydrogens is 116 g/mol. The van der Waals surface area contributed by atoms with E-state index in [1.54, 1.807) is 0 Å². The van der Waals surface area contributed by atoms with Crippen LogP contribution in [0.2, 0.25) is 0 Å². The lowest BCUT2D eigenvalue weighted by molar-refractivity contribution is 0.179. The van der Waals surface area contributed by atoms with Crippen molar-refractivity contribution in [2.75, 3.05) is 6.61 Å². The Labute approximate surface area is 54.9 Å². The predicted octanol–water partition coefficient (Wildman–Crippen LogP) is 0.318. The molecular formula is C6H10N2O. The molecule has 3 heteroatoms. The van der Waals surface area contributed by atoms with E-state index in [1.165, 1.54) is 0 Å². The second-order valence-electron chi connectivity index (χ2n) is 1.41. The van der Waals surface area contributed by atoms with Gasteiger partial charge in [0.25, 0.3) is 0 Å². The molecule has 2 N–H and O–H groups in total. The van der Waals surface area contributed by atoms with E-state index in [2.05, 4.69) is 15.9 Å². The molecule has 0 radical (unpaired) electrons. The molecule has 0 amide bonds. The maximum atomic E-state index is 5.27. The first-order valence-corrected chi connectivity index (χ1v) is 2.69.